The van der Waals surface area contributed by atoms with Gasteiger partial charge in [0.05, 0.1) is 11.6 Å². The van der Waals surface area contributed by atoms with Gasteiger partial charge in [-0.2, -0.15) is 5.10 Å². The number of aromatic nitrogens is 3. The minimum atomic E-state index is -0.477. The molecule has 5 rings (SSSR count). The number of aromatic amines is 1. The zero-order valence-corrected chi connectivity index (χ0v) is 24.9. The van der Waals surface area contributed by atoms with E-state index in [-0.39, 0.29) is 35.3 Å². The van der Waals surface area contributed by atoms with E-state index in [1.807, 2.05) is 44.2 Å². The Hall–Kier alpha value is -4.25. The van der Waals surface area contributed by atoms with Crippen molar-refractivity contribution in [1.29, 1.82) is 0 Å². The fourth-order valence-electron chi connectivity index (χ4n) is 5.30. The molecule has 1 aliphatic rings. The Morgan fingerprint density at radius 3 is 2.60 bits per heavy atom. The van der Waals surface area contributed by atoms with Gasteiger partial charge >= 0.3 is 10.9 Å². The molecule has 3 N–H and O–H groups in total. The maximum Gasteiger partial charge on any atom is 0.322 e. The predicted octanol–water partition coefficient (Wildman–Crippen LogP) is 4.75. The fraction of sp³-hybridized carbons (Fsp3) is 0.387. The van der Waals surface area contributed by atoms with Crippen LogP contribution in [0.3, 0.4) is 0 Å². The number of rotatable bonds is 10. The number of para-hydroxylation sites is 1. The van der Waals surface area contributed by atoms with Crippen molar-refractivity contribution in [1.82, 2.24) is 30.7 Å². The molecule has 0 bridgehead atoms. The van der Waals surface area contributed by atoms with Crippen molar-refractivity contribution in [3.8, 4) is 5.75 Å². The molecule has 2 aromatic heterocycles. The van der Waals surface area contributed by atoms with Crippen LogP contribution in [0.15, 0.2) is 59.4 Å². The molecule has 2 heterocycles. The van der Waals surface area contributed by atoms with Crippen molar-refractivity contribution in [2.24, 2.45) is 0 Å². The summed E-state index contributed by atoms with van der Waals surface area (Å²) in [5, 5.41) is 14.3. The van der Waals surface area contributed by atoms with Crippen molar-refractivity contribution >= 4 is 34.2 Å². The molecule has 10 nitrogen and oxygen atoms in total. The molecule has 2 aromatic carbocycles. The van der Waals surface area contributed by atoms with Crippen LogP contribution in [0.4, 0.5) is 4.79 Å². The summed E-state index contributed by atoms with van der Waals surface area (Å²) in [4.78, 5) is 43.9. The first-order valence-corrected chi connectivity index (χ1v) is 15.0. The number of likely N-dealkylation sites (N-methyl/N-ethyl adjacent to an activating group) is 1. The Labute approximate surface area is 248 Å². The lowest BCUT2D eigenvalue weighted by atomic mass is 10.0. The number of fused-ring (bicyclic) bond motifs is 1. The van der Waals surface area contributed by atoms with E-state index in [4.69, 9.17) is 4.74 Å². The molecule has 11 heteroatoms. The quantitative estimate of drug-likeness (QED) is 0.245. The average Bonchev–Trinajstić information content (AvgIpc) is 3.67. The zero-order chi connectivity index (χ0) is 29.6. The number of aryl methyl sites for hydroxylation is 1. The number of nitrogens with zero attached hydrogens (tertiary/aromatic N) is 3. The van der Waals surface area contributed by atoms with Crippen molar-refractivity contribution in [3.63, 3.8) is 0 Å². The summed E-state index contributed by atoms with van der Waals surface area (Å²) in [5.41, 5.74) is 3.35. The van der Waals surface area contributed by atoms with E-state index in [0.29, 0.717) is 22.9 Å². The minimum Gasteiger partial charge on any atom is -0.489 e. The van der Waals surface area contributed by atoms with Crippen LogP contribution < -0.4 is 20.2 Å². The first-order chi connectivity index (χ1) is 20.3. The molecule has 2 unspecified atom stereocenters. The Balaban J connectivity index is 1.25. The summed E-state index contributed by atoms with van der Waals surface area (Å²) in [6, 6.07) is 16.5. The van der Waals surface area contributed by atoms with Crippen LogP contribution in [-0.2, 0) is 6.61 Å². The summed E-state index contributed by atoms with van der Waals surface area (Å²) in [7, 11) is 1.71. The monoisotopic (exact) mass is 588 g/mol. The van der Waals surface area contributed by atoms with Gasteiger partial charge in [-0.15, -0.1) is 0 Å². The van der Waals surface area contributed by atoms with E-state index in [1.54, 1.807) is 36.2 Å². The smallest absolute Gasteiger partial charge is 0.322 e. The first kappa shape index (κ1) is 29.2. The number of benzene rings is 2. The topological polar surface area (TPSA) is 129 Å². The molecule has 3 amide bonds. The van der Waals surface area contributed by atoms with Crippen molar-refractivity contribution in [3.05, 3.63) is 86.1 Å². The van der Waals surface area contributed by atoms with Gasteiger partial charge in [0.1, 0.15) is 17.4 Å². The Morgan fingerprint density at radius 1 is 1.14 bits per heavy atom. The summed E-state index contributed by atoms with van der Waals surface area (Å²) in [6.07, 6.45) is 4.20. The molecule has 0 aliphatic heterocycles. The van der Waals surface area contributed by atoms with Gasteiger partial charge in [-0.3, -0.25) is 14.6 Å². The Morgan fingerprint density at radius 2 is 1.88 bits per heavy atom. The van der Waals surface area contributed by atoms with Crippen molar-refractivity contribution in [2.45, 2.75) is 64.1 Å². The Bertz CT molecular complexity index is 1600. The second-order valence-corrected chi connectivity index (χ2v) is 11.9. The minimum absolute atomic E-state index is 0.178. The summed E-state index contributed by atoms with van der Waals surface area (Å²) < 4.78 is 6.05. The summed E-state index contributed by atoms with van der Waals surface area (Å²) >= 11 is 1.00. The van der Waals surface area contributed by atoms with Crippen LogP contribution >= 0.6 is 11.3 Å². The molecule has 1 fully saturated rings. The molecule has 0 radical (unpaired) electrons. The molecule has 1 saturated carbocycles. The molecule has 4 aromatic rings. The molecule has 2 atom stereocenters. The van der Waals surface area contributed by atoms with E-state index < -0.39 is 6.04 Å². The summed E-state index contributed by atoms with van der Waals surface area (Å²) in [6.45, 7) is 4.47. The number of urea groups is 1. The molecule has 0 saturated heterocycles. The maximum absolute atomic E-state index is 13.3. The second-order valence-electron chi connectivity index (χ2n) is 10.9. The molecule has 1 aliphatic carbocycles. The number of carbonyl (C=O) groups is 2. The van der Waals surface area contributed by atoms with E-state index >= 15 is 0 Å². The first-order valence-electron chi connectivity index (χ1n) is 14.2. The molecule has 0 spiro atoms. The van der Waals surface area contributed by atoms with E-state index in [0.717, 1.165) is 59.2 Å². The number of nitrogens with one attached hydrogen (secondary N) is 3. The lowest BCUT2D eigenvalue weighted by Crippen LogP contribution is -2.50. The lowest BCUT2D eigenvalue weighted by Gasteiger charge is -2.29. The van der Waals surface area contributed by atoms with Crippen LogP contribution in [0.1, 0.15) is 65.1 Å². The van der Waals surface area contributed by atoms with Gasteiger partial charge in [0.2, 0.25) is 0 Å². The van der Waals surface area contributed by atoms with E-state index in [1.165, 1.54) is 0 Å². The van der Waals surface area contributed by atoms with Gasteiger partial charge in [0.15, 0.2) is 0 Å². The highest BCUT2D eigenvalue weighted by atomic mass is 32.1. The molecule has 42 heavy (non-hydrogen) atoms. The third-order valence-corrected chi connectivity index (χ3v) is 8.65. The number of carbonyl (C=O) groups excluding carboxylic acids is 2. The van der Waals surface area contributed by atoms with Gasteiger partial charge < -0.3 is 20.3 Å². The van der Waals surface area contributed by atoms with Gasteiger partial charge in [0, 0.05) is 47.8 Å². The highest BCUT2D eigenvalue weighted by molar-refractivity contribution is 7.08. The van der Waals surface area contributed by atoms with Crippen LogP contribution in [0.5, 0.6) is 5.75 Å². The summed E-state index contributed by atoms with van der Waals surface area (Å²) in [5.74, 6) is 0.0437. The van der Waals surface area contributed by atoms with Gasteiger partial charge in [-0.1, -0.05) is 49.3 Å². The number of amides is 3. The second kappa shape index (κ2) is 13.2. The van der Waals surface area contributed by atoms with Crippen LogP contribution in [-0.4, -0.2) is 57.7 Å². The number of H-pyrrole nitrogens is 1. The standard InChI is InChI=1S/C31H36N6O4S/c1-19-16-22(25-10-6-7-11-26(25)32-19)18-41-24-14-12-21(13-15-24)28(38)34-27(20(2)29-35-36-31(40)42-29)17-37(3)30(39)33-23-8-4-5-9-23/h6-7,10-16,20,23,27H,4-5,8-9,17-18H2,1-3H3,(H,33,39)(H,34,38)(H,36,40). The number of ether oxygens (including phenoxy) is 1. The van der Waals surface area contributed by atoms with Crippen molar-refractivity contribution < 1.29 is 14.3 Å². The fourth-order valence-corrected chi connectivity index (χ4v) is 6.02. The third kappa shape index (κ3) is 7.14. The normalized spacial score (nSPS) is 14.8. The van der Waals surface area contributed by atoms with Gasteiger partial charge in [0.25, 0.3) is 5.91 Å². The average molecular weight is 589 g/mol. The molecule has 220 valence electrons. The SMILES string of the molecule is Cc1cc(COc2ccc(C(=O)NC(CN(C)C(=O)NC3CCCC3)C(C)c3n[nH]c(=O)s3)cc2)c2ccccc2n1. The van der Waals surface area contributed by atoms with Crippen LogP contribution in [0.2, 0.25) is 0 Å². The number of hydrogen-bond acceptors (Lipinski definition) is 7. The predicted molar refractivity (Wildman–Crippen MR) is 163 cm³/mol. The van der Waals surface area contributed by atoms with Crippen LogP contribution in [0, 0.1) is 6.92 Å². The highest BCUT2D eigenvalue weighted by Gasteiger charge is 2.28. The van der Waals surface area contributed by atoms with Crippen LogP contribution in [0.25, 0.3) is 10.9 Å². The Kier molecular flexibility index (Phi) is 9.16. The number of hydrogen-bond donors (Lipinski definition) is 3. The van der Waals surface area contributed by atoms with Gasteiger partial charge in [-0.25, -0.2) is 9.89 Å². The number of pyridine rings is 1. The largest absolute Gasteiger partial charge is 0.489 e. The highest BCUT2D eigenvalue weighted by Crippen LogP contribution is 2.23. The molecular weight excluding hydrogens is 552 g/mol. The van der Waals surface area contributed by atoms with Gasteiger partial charge in [-0.05, 0) is 56.2 Å². The third-order valence-electron chi connectivity index (χ3n) is 7.71. The molecular formula is C31H36N6O4S. The lowest BCUT2D eigenvalue weighted by molar-refractivity contribution is 0.0922. The van der Waals surface area contributed by atoms with Crippen molar-refractivity contribution in [2.75, 3.05) is 13.6 Å². The zero-order valence-electron chi connectivity index (χ0n) is 24.1. The van der Waals surface area contributed by atoms with E-state index in [9.17, 15) is 14.4 Å². The van der Waals surface area contributed by atoms with E-state index in [2.05, 4.69) is 25.8 Å². The maximum atomic E-state index is 13.3.